The fraction of sp³-hybridized carbons (Fsp3) is 0. The Kier molecular flexibility index (Phi) is 1.91. The lowest BCUT2D eigenvalue weighted by Gasteiger charge is -2.00. The molecular formula is C11H6BrFN2O. The molecule has 0 saturated heterocycles. The van der Waals surface area contributed by atoms with Gasteiger partial charge in [-0.05, 0) is 51.0 Å². The highest BCUT2D eigenvalue weighted by atomic mass is 79.9. The quantitative estimate of drug-likeness (QED) is 0.654. The van der Waals surface area contributed by atoms with Gasteiger partial charge in [0, 0.05) is 0 Å². The Morgan fingerprint density at radius 2 is 1.56 bits per heavy atom. The molecule has 3 nitrogen and oxygen atoms in total. The number of fused-ring (bicyclic) bond motifs is 2. The topological polar surface area (TPSA) is 48.6 Å². The van der Waals surface area contributed by atoms with Crippen LogP contribution in [0.15, 0.2) is 33.5 Å². The minimum atomic E-state index is -0.315. The standard InChI is InChI=1S/C11H6BrFN2O/c12-7-1-5-3-9-10(15-11(16)14-9)4-6(5)2-8(7)13/h1-4H,(H2,14,15,16). The number of H-pyrrole nitrogens is 2. The SMILES string of the molecule is O=c1[nH]c2cc3cc(F)c(Br)cc3cc2[nH]1. The number of hydrogen-bond acceptors (Lipinski definition) is 1. The van der Waals surface area contributed by atoms with Crippen LogP contribution in [0.1, 0.15) is 0 Å². The highest BCUT2D eigenvalue weighted by Gasteiger charge is 2.05. The summed E-state index contributed by atoms with van der Waals surface area (Å²) in [6, 6.07) is 6.68. The number of rotatable bonds is 0. The molecule has 3 rings (SSSR count). The minimum Gasteiger partial charge on any atom is -0.306 e. The zero-order chi connectivity index (χ0) is 11.3. The van der Waals surface area contributed by atoms with E-state index in [0.717, 1.165) is 16.3 Å². The van der Waals surface area contributed by atoms with Crippen molar-refractivity contribution in [2.45, 2.75) is 0 Å². The number of nitrogens with one attached hydrogen (secondary N) is 2. The van der Waals surface area contributed by atoms with Gasteiger partial charge in [0.2, 0.25) is 0 Å². The number of halogens is 2. The van der Waals surface area contributed by atoms with E-state index in [0.29, 0.717) is 9.99 Å². The van der Waals surface area contributed by atoms with Crippen molar-refractivity contribution in [1.82, 2.24) is 9.97 Å². The van der Waals surface area contributed by atoms with E-state index in [-0.39, 0.29) is 11.5 Å². The molecule has 0 aliphatic carbocycles. The van der Waals surface area contributed by atoms with Crippen LogP contribution in [-0.4, -0.2) is 9.97 Å². The zero-order valence-electron chi connectivity index (χ0n) is 7.97. The first-order chi connectivity index (χ1) is 7.63. The molecule has 0 spiro atoms. The van der Waals surface area contributed by atoms with Gasteiger partial charge in [-0.1, -0.05) is 0 Å². The molecule has 1 aromatic heterocycles. The maximum absolute atomic E-state index is 13.3. The summed E-state index contributed by atoms with van der Waals surface area (Å²) in [5.74, 6) is -0.315. The molecule has 3 aromatic rings. The zero-order valence-corrected chi connectivity index (χ0v) is 9.56. The van der Waals surface area contributed by atoms with E-state index >= 15 is 0 Å². The first kappa shape index (κ1) is 9.59. The van der Waals surface area contributed by atoms with Crippen molar-refractivity contribution in [1.29, 1.82) is 0 Å². The lowest BCUT2D eigenvalue weighted by molar-refractivity contribution is 0.623. The van der Waals surface area contributed by atoms with E-state index in [1.807, 2.05) is 6.07 Å². The first-order valence-electron chi connectivity index (χ1n) is 4.64. The van der Waals surface area contributed by atoms with Crippen LogP contribution >= 0.6 is 15.9 Å². The van der Waals surface area contributed by atoms with Crippen LogP contribution in [0, 0.1) is 5.82 Å². The van der Waals surface area contributed by atoms with E-state index in [2.05, 4.69) is 25.9 Å². The van der Waals surface area contributed by atoms with Gasteiger partial charge in [0.25, 0.3) is 0 Å². The fourth-order valence-electron chi connectivity index (χ4n) is 1.78. The van der Waals surface area contributed by atoms with Gasteiger partial charge < -0.3 is 9.97 Å². The van der Waals surface area contributed by atoms with Crippen LogP contribution in [0.2, 0.25) is 0 Å². The van der Waals surface area contributed by atoms with Crippen molar-refractivity contribution in [3.05, 3.63) is 45.0 Å². The van der Waals surface area contributed by atoms with Crippen molar-refractivity contribution >= 4 is 37.7 Å². The van der Waals surface area contributed by atoms with E-state index in [9.17, 15) is 9.18 Å². The molecule has 0 aliphatic heterocycles. The Morgan fingerprint density at radius 3 is 2.19 bits per heavy atom. The summed E-state index contributed by atoms with van der Waals surface area (Å²) in [6.07, 6.45) is 0. The number of aromatic nitrogens is 2. The Bertz CT molecular complexity index is 698. The molecule has 2 aromatic carbocycles. The van der Waals surface area contributed by atoms with E-state index in [1.165, 1.54) is 6.07 Å². The molecule has 16 heavy (non-hydrogen) atoms. The molecule has 0 radical (unpaired) electrons. The van der Waals surface area contributed by atoms with Crippen molar-refractivity contribution in [2.24, 2.45) is 0 Å². The van der Waals surface area contributed by atoms with Gasteiger partial charge in [-0.15, -0.1) is 0 Å². The summed E-state index contributed by atoms with van der Waals surface area (Å²) in [7, 11) is 0. The molecule has 0 unspecified atom stereocenters. The minimum absolute atomic E-state index is 0.259. The van der Waals surface area contributed by atoms with Gasteiger partial charge in [-0.25, -0.2) is 9.18 Å². The predicted molar refractivity (Wildman–Crippen MR) is 64.1 cm³/mol. The third-order valence-electron chi connectivity index (χ3n) is 2.51. The van der Waals surface area contributed by atoms with Crippen molar-refractivity contribution in [3.63, 3.8) is 0 Å². The van der Waals surface area contributed by atoms with Crippen LogP contribution in [0.25, 0.3) is 21.8 Å². The van der Waals surface area contributed by atoms with Crippen LogP contribution in [0.3, 0.4) is 0 Å². The molecule has 0 saturated carbocycles. The largest absolute Gasteiger partial charge is 0.323 e. The van der Waals surface area contributed by atoms with Crippen LogP contribution < -0.4 is 5.69 Å². The normalized spacial score (nSPS) is 11.4. The monoisotopic (exact) mass is 280 g/mol. The van der Waals surface area contributed by atoms with E-state index in [1.54, 1.807) is 12.1 Å². The molecule has 0 bridgehead atoms. The summed E-state index contributed by atoms with van der Waals surface area (Å²) in [5.41, 5.74) is 1.14. The molecule has 0 atom stereocenters. The summed E-state index contributed by atoms with van der Waals surface area (Å²) in [5, 5.41) is 1.62. The van der Waals surface area contributed by atoms with Gasteiger partial charge in [0.05, 0.1) is 15.5 Å². The Labute approximate surface area is 97.4 Å². The Morgan fingerprint density at radius 1 is 1.00 bits per heavy atom. The molecule has 2 N–H and O–H groups in total. The highest BCUT2D eigenvalue weighted by molar-refractivity contribution is 9.10. The van der Waals surface area contributed by atoms with Gasteiger partial charge in [-0.3, -0.25) is 0 Å². The average Bonchev–Trinajstić information content (AvgIpc) is 2.56. The van der Waals surface area contributed by atoms with Gasteiger partial charge in [0.1, 0.15) is 5.82 Å². The molecule has 0 amide bonds. The van der Waals surface area contributed by atoms with Crippen LogP contribution in [0.4, 0.5) is 4.39 Å². The number of aromatic amines is 2. The highest BCUT2D eigenvalue weighted by Crippen LogP contribution is 2.25. The third-order valence-corrected chi connectivity index (χ3v) is 3.12. The molecule has 1 heterocycles. The number of benzene rings is 2. The van der Waals surface area contributed by atoms with Crippen molar-refractivity contribution in [3.8, 4) is 0 Å². The average molecular weight is 281 g/mol. The second-order valence-electron chi connectivity index (χ2n) is 3.59. The summed E-state index contributed by atoms with van der Waals surface area (Å²) < 4.78 is 13.7. The first-order valence-corrected chi connectivity index (χ1v) is 5.43. The number of hydrogen-bond donors (Lipinski definition) is 2. The fourth-order valence-corrected chi connectivity index (χ4v) is 2.14. The molecule has 80 valence electrons. The van der Waals surface area contributed by atoms with Crippen molar-refractivity contribution in [2.75, 3.05) is 0 Å². The van der Waals surface area contributed by atoms with Gasteiger partial charge >= 0.3 is 5.69 Å². The summed E-state index contributed by atoms with van der Waals surface area (Å²) >= 11 is 3.13. The lowest BCUT2D eigenvalue weighted by Crippen LogP contribution is -1.99. The third kappa shape index (κ3) is 1.36. The second-order valence-corrected chi connectivity index (χ2v) is 4.44. The molecule has 0 aliphatic rings. The predicted octanol–water partition coefficient (Wildman–Crippen LogP) is 2.91. The van der Waals surface area contributed by atoms with Gasteiger partial charge in [0.15, 0.2) is 0 Å². The Balaban J connectivity index is 2.50. The maximum atomic E-state index is 13.3. The molecule has 5 heteroatoms. The van der Waals surface area contributed by atoms with Crippen molar-refractivity contribution < 1.29 is 4.39 Å². The lowest BCUT2D eigenvalue weighted by atomic mass is 10.1. The Hall–Kier alpha value is -1.62. The molecular weight excluding hydrogens is 275 g/mol. The number of imidazole rings is 1. The van der Waals surface area contributed by atoms with Gasteiger partial charge in [-0.2, -0.15) is 0 Å². The van der Waals surface area contributed by atoms with E-state index < -0.39 is 0 Å². The summed E-state index contributed by atoms with van der Waals surface area (Å²) in [6.45, 7) is 0. The summed E-state index contributed by atoms with van der Waals surface area (Å²) in [4.78, 5) is 16.4. The van der Waals surface area contributed by atoms with E-state index in [4.69, 9.17) is 0 Å². The van der Waals surface area contributed by atoms with Crippen LogP contribution in [-0.2, 0) is 0 Å². The smallest absolute Gasteiger partial charge is 0.306 e. The van der Waals surface area contributed by atoms with Crippen LogP contribution in [0.5, 0.6) is 0 Å². The second kappa shape index (κ2) is 3.18. The maximum Gasteiger partial charge on any atom is 0.323 e. The molecule has 0 fully saturated rings.